The number of alkyl halides is 3. The van der Waals surface area contributed by atoms with Crippen molar-refractivity contribution in [1.82, 2.24) is 4.90 Å². The Morgan fingerprint density at radius 2 is 1.80 bits per heavy atom. The van der Waals surface area contributed by atoms with Crippen LogP contribution in [-0.2, 0) is 4.79 Å². The van der Waals surface area contributed by atoms with Crippen molar-refractivity contribution in [2.24, 2.45) is 23.5 Å². The summed E-state index contributed by atoms with van der Waals surface area (Å²) in [7, 11) is 0. The summed E-state index contributed by atoms with van der Waals surface area (Å²) in [5.74, 6) is -1.08. The third-order valence-corrected chi connectivity index (χ3v) is 4.82. The normalized spacial score (nSPS) is 33.2. The van der Waals surface area contributed by atoms with Gasteiger partial charge in [0.15, 0.2) is 0 Å². The van der Waals surface area contributed by atoms with E-state index in [1.54, 1.807) is 4.90 Å². The molecule has 0 aromatic rings. The number of amides is 1. The summed E-state index contributed by atoms with van der Waals surface area (Å²) in [6.07, 6.45) is -2.30. The van der Waals surface area contributed by atoms with Gasteiger partial charge in [-0.25, -0.2) is 0 Å². The molecule has 1 aliphatic heterocycles. The van der Waals surface area contributed by atoms with Crippen molar-refractivity contribution in [1.29, 1.82) is 0 Å². The molecule has 0 bridgehead atoms. The minimum Gasteiger partial charge on any atom is -0.342 e. The van der Waals surface area contributed by atoms with Gasteiger partial charge in [-0.1, -0.05) is 0 Å². The van der Waals surface area contributed by atoms with Crippen LogP contribution in [0.5, 0.6) is 0 Å². The van der Waals surface area contributed by atoms with E-state index in [9.17, 15) is 18.0 Å². The van der Waals surface area contributed by atoms with Gasteiger partial charge in [-0.05, 0) is 44.9 Å². The molecule has 2 N–H and O–H groups in total. The average Bonchev–Trinajstić information content (AvgIpc) is 2.86. The predicted octanol–water partition coefficient (Wildman–Crippen LogP) is 2.55. The first kappa shape index (κ1) is 15.6. The fourth-order valence-corrected chi connectivity index (χ4v) is 3.34. The molecule has 1 heterocycles. The quantitative estimate of drug-likeness (QED) is 0.850. The number of hydrogen-bond acceptors (Lipinski definition) is 2. The maximum absolute atomic E-state index is 12.6. The number of hydrogen-bond donors (Lipinski definition) is 1. The van der Waals surface area contributed by atoms with Gasteiger partial charge in [0.1, 0.15) is 0 Å². The molecule has 2 rings (SSSR count). The number of carbonyl (C=O) groups excluding carboxylic acids is 1. The van der Waals surface area contributed by atoms with Gasteiger partial charge in [0.05, 0.1) is 5.92 Å². The lowest BCUT2D eigenvalue weighted by molar-refractivity contribution is -0.185. The zero-order valence-corrected chi connectivity index (χ0v) is 11.8. The molecule has 0 spiro atoms. The highest BCUT2D eigenvalue weighted by Gasteiger charge is 2.43. The van der Waals surface area contributed by atoms with E-state index in [1.165, 1.54) is 0 Å². The van der Waals surface area contributed by atoms with Gasteiger partial charge in [-0.15, -0.1) is 0 Å². The second-order valence-corrected chi connectivity index (χ2v) is 6.28. The summed E-state index contributed by atoms with van der Waals surface area (Å²) in [5, 5.41) is 0. The van der Waals surface area contributed by atoms with E-state index >= 15 is 0 Å². The Labute approximate surface area is 117 Å². The van der Waals surface area contributed by atoms with Crippen LogP contribution in [0.3, 0.4) is 0 Å². The Morgan fingerprint density at radius 1 is 1.20 bits per heavy atom. The van der Waals surface area contributed by atoms with Gasteiger partial charge < -0.3 is 10.6 Å². The van der Waals surface area contributed by atoms with Crippen LogP contribution in [0.4, 0.5) is 13.2 Å². The van der Waals surface area contributed by atoms with Crippen LogP contribution >= 0.6 is 0 Å². The number of nitrogens with two attached hydrogens (primary N) is 1. The van der Waals surface area contributed by atoms with Crippen molar-refractivity contribution in [3.63, 3.8) is 0 Å². The fraction of sp³-hybridized carbons (Fsp3) is 0.929. The van der Waals surface area contributed by atoms with Crippen molar-refractivity contribution < 1.29 is 18.0 Å². The first-order chi connectivity index (χ1) is 9.29. The van der Waals surface area contributed by atoms with Crippen LogP contribution in [0.1, 0.15) is 39.0 Å². The van der Waals surface area contributed by atoms with Gasteiger partial charge in [0.2, 0.25) is 5.91 Å². The molecule has 2 atom stereocenters. The molecule has 116 valence electrons. The first-order valence-electron chi connectivity index (χ1n) is 7.40. The highest BCUT2D eigenvalue weighted by atomic mass is 19.4. The molecule has 6 heteroatoms. The van der Waals surface area contributed by atoms with Crippen LogP contribution in [-0.4, -0.2) is 36.1 Å². The van der Waals surface area contributed by atoms with Gasteiger partial charge in [-0.3, -0.25) is 4.79 Å². The van der Waals surface area contributed by atoms with Crippen molar-refractivity contribution in [3.05, 3.63) is 0 Å². The summed E-state index contributed by atoms with van der Waals surface area (Å²) in [5.41, 5.74) is 5.84. The van der Waals surface area contributed by atoms with E-state index in [0.29, 0.717) is 31.8 Å². The highest BCUT2D eigenvalue weighted by Crippen LogP contribution is 2.40. The predicted molar refractivity (Wildman–Crippen MR) is 69.8 cm³/mol. The molecular weight excluding hydrogens is 269 g/mol. The van der Waals surface area contributed by atoms with E-state index in [1.807, 2.05) is 6.92 Å². The third-order valence-electron chi connectivity index (χ3n) is 4.82. The maximum atomic E-state index is 12.6. The van der Waals surface area contributed by atoms with Crippen LogP contribution in [0.25, 0.3) is 0 Å². The lowest BCUT2D eigenvalue weighted by Gasteiger charge is -2.31. The van der Waals surface area contributed by atoms with Gasteiger partial charge >= 0.3 is 6.18 Å². The summed E-state index contributed by atoms with van der Waals surface area (Å²) in [6, 6.07) is 0.0637. The molecular formula is C14H23F3N2O. The molecule has 2 fully saturated rings. The maximum Gasteiger partial charge on any atom is 0.391 e. The van der Waals surface area contributed by atoms with E-state index in [0.717, 1.165) is 6.42 Å². The van der Waals surface area contributed by atoms with Crippen LogP contribution in [0.15, 0.2) is 0 Å². The van der Waals surface area contributed by atoms with Crippen molar-refractivity contribution >= 4 is 5.91 Å². The van der Waals surface area contributed by atoms with E-state index in [4.69, 9.17) is 5.73 Å². The second kappa shape index (κ2) is 5.92. The van der Waals surface area contributed by atoms with Crippen LogP contribution in [0.2, 0.25) is 0 Å². The Morgan fingerprint density at radius 3 is 2.25 bits per heavy atom. The molecule has 20 heavy (non-hydrogen) atoms. The molecule has 1 amide bonds. The minimum atomic E-state index is -4.11. The number of rotatable bonds is 2. The molecule has 2 aliphatic rings. The first-order valence-corrected chi connectivity index (χ1v) is 7.40. The third kappa shape index (κ3) is 3.45. The minimum absolute atomic E-state index is 0.0359. The standard InChI is InChI=1S/C14H23F3N2O/c1-9(18)11-6-7-19(8-11)13(20)10-2-4-12(5-3-10)14(15,16)17/h9-12H,2-8,18H2,1H3. The van der Waals surface area contributed by atoms with Gasteiger partial charge in [0, 0.05) is 25.0 Å². The fourth-order valence-electron chi connectivity index (χ4n) is 3.34. The molecule has 1 saturated heterocycles. The van der Waals surface area contributed by atoms with Crippen molar-refractivity contribution in [3.8, 4) is 0 Å². The molecule has 0 aromatic heterocycles. The molecule has 1 saturated carbocycles. The Bertz CT molecular complexity index is 349. The number of likely N-dealkylation sites (tertiary alicyclic amines) is 1. The van der Waals surface area contributed by atoms with E-state index < -0.39 is 12.1 Å². The van der Waals surface area contributed by atoms with E-state index in [-0.39, 0.29) is 30.7 Å². The largest absolute Gasteiger partial charge is 0.391 e. The average molecular weight is 292 g/mol. The molecule has 3 nitrogen and oxygen atoms in total. The monoisotopic (exact) mass is 292 g/mol. The van der Waals surface area contributed by atoms with Crippen molar-refractivity contribution in [2.45, 2.75) is 51.2 Å². The molecule has 1 aliphatic carbocycles. The Balaban J connectivity index is 1.84. The van der Waals surface area contributed by atoms with Crippen LogP contribution in [0, 0.1) is 17.8 Å². The SMILES string of the molecule is CC(N)C1CCN(C(=O)C2CCC(C(F)(F)F)CC2)C1. The number of nitrogens with zero attached hydrogens (tertiary/aromatic N) is 1. The number of halogens is 3. The molecule has 0 aromatic carbocycles. The van der Waals surface area contributed by atoms with Crippen molar-refractivity contribution in [2.75, 3.05) is 13.1 Å². The van der Waals surface area contributed by atoms with Gasteiger partial charge in [0.25, 0.3) is 0 Å². The zero-order chi connectivity index (χ0) is 14.9. The number of carbonyl (C=O) groups is 1. The highest BCUT2D eigenvalue weighted by molar-refractivity contribution is 5.79. The summed E-state index contributed by atoms with van der Waals surface area (Å²) >= 11 is 0. The van der Waals surface area contributed by atoms with E-state index in [2.05, 4.69) is 0 Å². The molecule has 2 unspecified atom stereocenters. The van der Waals surface area contributed by atoms with Gasteiger partial charge in [-0.2, -0.15) is 13.2 Å². The Kier molecular flexibility index (Phi) is 4.62. The smallest absolute Gasteiger partial charge is 0.342 e. The second-order valence-electron chi connectivity index (χ2n) is 6.28. The summed E-state index contributed by atoms with van der Waals surface area (Å²) in [4.78, 5) is 14.1. The zero-order valence-electron chi connectivity index (χ0n) is 11.8. The summed E-state index contributed by atoms with van der Waals surface area (Å²) < 4.78 is 37.8. The van der Waals surface area contributed by atoms with Crippen LogP contribution < -0.4 is 5.73 Å². The molecule has 0 radical (unpaired) electrons. The lowest BCUT2D eigenvalue weighted by Crippen LogP contribution is -2.39. The Hall–Kier alpha value is -0.780. The lowest BCUT2D eigenvalue weighted by atomic mass is 9.81. The topological polar surface area (TPSA) is 46.3 Å². The summed E-state index contributed by atoms with van der Waals surface area (Å²) in [6.45, 7) is 3.30.